The number of aliphatic hydroxyl groups is 1. The predicted octanol–water partition coefficient (Wildman–Crippen LogP) is 4.37. The summed E-state index contributed by atoms with van der Waals surface area (Å²) in [6.45, 7) is 1.41. The van der Waals surface area contributed by atoms with E-state index in [0.717, 1.165) is 26.3 Å². The van der Waals surface area contributed by atoms with Gasteiger partial charge in [0, 0.05) is 20.8 Å². The molecule has 0 saturated carbocycles. The number of hydrogen-bond donors (Lipinski definition) is 2. The van der Waals surface area contributed by atoms with Gasteiger partial charge in [-0.1, -0.05) is 102 Å². The van der Waals surface area contributed by atoms with Crippen molar-refractivity contribution in [1.29, 1.82) is 0 Å². The van der Waals surface area contributed by atoms with Gasteiger partial charge in [-0.05, 0) is 29.8 Å². The highest BCUT2D eigenvalue weighted by Gasteiger charge is 2.57. The third kappa shape index (κ3) is 14.8. The molecule has 2 aliphatic rings. The standard InChI is InChI=1S/C42H44Cl3NO17/c1-23(47)55-21-30-32(57-24(2)48)34(58-25(3)49)31(46-41(53)56-22-42(43,44)45)40(60-30)63-33-29(20-54-19-26-13-7-4-8-14-26)59-39(52)36(62-38(51)28-17-11-6-12-18-28)35(33)61-37(50)27-15-9-5-10-16-27/h4-18,29-36,39-40,52H,19-22H2,1-3H3,(H,46,53)/t29-,30-,31-,32+,33-,34-,35+,36-,39-,40+/m1/s1. The van der Waals surface area contributed by atoms with Crippen LogP contribution in [0.4, 0.5) is 4.79 Å². The minimum absolute atomic E-state index is 0.0204. The number of esters is 5. The summed E-state index contributed by atoms with van der Waals surface area (Å²) >= 11 is 17.5. The maximum atomic E-state index is 13.9. The van der Waals surface area contributed by atoms with E-state index >= 15 is 0 Å². The second-order valence-corrected chi connectivity index (χ2v) is 16.5. The number of benzene rings is 3. The van der Waals surface area contributed by atoms with Crippen molar-refractivity contribution >= 4 is 70.7 Å². The molecule has 0 radical (unpaired) electrons. The quantitative estimate of drug-likeness (QED) is 0.115. The molecular formula is C42H44Cl3NO17. The molecule has 5 rings (SSSR count). The normalized spacial score (nSPS) is 25.7. The molecule has 10 atom stereocenters. The number of carbonyl (C=O) groups excluding carboxylic acids is 6. The van der Waals surface area contributed by atoms with Crippen molar-refractivity contribution in [1.82, 2.24) is 5.32 Å². The molecule has 18 nitrogen and oxygen atoms in total. The average molecular weight is 941 g/mol. The second-order valence-electron chi connectivity index (χ2n) is 14.0. The van der Waals surface area contributed by atoms with Gasteiger partial charge < -0.3 is 57.8 Å². The Balaban J connectivity index is 1.62. The lowest BCUT2D eigenvalue weighted by molar-refractivity contribution is -0.341. The molecule has 0 aromatic heterocycles. The Morgan fingerprint density at radius 3 is 1.68 bits per heavy atom. The summed E-state index contributed by atoms with van der Waals surface area (Å²) in [6, 6.07) is 22.7. The number of aliphatic hydroxyl groups excluding tert-OH is 1. The van der Waals surface area contributed by atoms with E-state index in [0.29, 0.717) is 0 Å². The summed E-state index contributed by atoms with van der Waals surface area (Å²) < 4.78 is 56.1. The molecule has 3 aromatic rings. The summed E-state index contributed by atoms with van der Waals surface area (Å²) in [5.41, 5.74) is 0.856. The summed E-state index contributed by atoms with van der Waals surface area (Å²) in [4.78, 5) is 78.0. The molecule has 2 fully saturated rings. The van der Waals surface area contributed by atoms with E-state index in [1.165, 1.54) is 24.3 Å². The number of alkyl carbamates (subject to hydrolysis) is 1. The van der Waals surface area contributed by atoms with Crippen LogP contribution in [0.2, 0.25) is 0 Å². The lowest BCUT2D eigenvalue weighted by atomic mass is 9.94. The van der Waals surface area contributed by atoms with E-state index in [2.05, 4.69) is 5.32 Å². The molecule has 340 valence electrons. The van der Waals surface area contributed by atoms with Crippen molar-refractivity contribution < 1.29 is 81.2 Å². The van der Waals surface area contributed by atoms with Gasteiger partial charge in [-0.25, -0.2) is 14.4 Å². The Bertz CT molecular complexity index is 2010. The summed E-state index contributed by atoms with van der Waals surface area (Å²) in [7, 11) is 0. The first-order valence-corrected chi connectivity index (χ1v) is 20.4. The molecule has 2 N–H and O–H groups in total. The molecule has 0 spiro atoms. The van der Waals surface area contributed by atoms with Crippen molar-refractivity contribution in [3.63, 3.8) is 0 Å². The van der Waals surface area contributed by atoms with Crippen LogP contribution < -0.4 is 5.32 Å². The van der Waals surface area contributed by atoms with Gasteiger partial charge in [-0.2, -0.15) is 0 Å². The Hall–Kier alpha value is -5.05. The topological polar surface area (TPSA) is 227 Å². The molecule has 0 bridgehead atoms. The highest BCUT2D eigenvalue weighted by Crippen LogP contribution is 2.35. The molecule has 0 aliphatic carbocycles. The van der Waals surface area contributed by atoms with Crippen LogP contribution in [-0.4, -0.2) is 126 Å². The molecular weight excluding hydrogens is 897 g/mol. The SMILES string of the molecule is CC(=O)OC[C@H]1O[C@@H](O[C@H]2[C@H](OC(=O)c3ccccc3)[C@@H](OC(=O)c3ccccc3)[C@H](O)O[C@@H]2COCc2ccccc2)[C@H](NC(=O)OCC(Cl)(Cl)Cl)[C@@H](OC(C)=O)[C@H]1OC(C)=O. The molecule has 2 aliphatic heterocycles. The smallest absolute Gasteiger partial charge is 0.407 e. The van der Waals surface area contributed by atoms with E-state index in [1.807, 2.05) is 6.07 Å². The summed E-state index contributed by atoms with van der Waals surface area (Å²) in [5, 5.41) is 14.0. The van der Waals surface area contributed by atoms with Crippen LogP contribution >= 0.6 is 34.8 Å². The highest BCUT2D eigenvalue weighted by molar-refractivity contribution is 6.67. The lowest BCUT2D eigenvalue weighted by Crippen LogP contribution is -2.69. The zero-order chi connectivity index (χ0) is 45.7. The predicted molar refractivity (Wildman–Crippen MR) is 218 cm³/mol. The Morgan fingerprint density at radius 1 is 0.619 bits per heavy atom. The molecule has 1 amide bonds. The van der Waals surface area contributed by atoms with Gasteiger partial charge in [0.2, 0.25) is 3.79 Å². The molecule has 2 heterocycles. The van der Waals surface area contributed by atoms with Gasteiger partial charge in [0.1, 0.15) is 37.6 Å². The molecule has 2 saturated heterocycles. The summed E-state index contributed by atoms with van der Waals surface area (Å²) in [6.07, 6.45) is -16.6. The highest BCUT2D eigenvalue weighted by atomic mass is 35.6. The van der Waals surface area contributed by atoms with E-state index in [4.69, 9.17) is 82.2 Å². The van der Waals surface area contributed by atoms with Crippen molar-refractivity contribution in [2.75, 3.05) is 19.8 Å². The summed E-state index contributed by atoms with van der Waals surface area (Å²) in [5.74, 6) is -4.52. The number of amides is 1. The maximum absolute atomic E-state index is 13.9. The van der Waals surface area contributed by atoms with Crippen molar-refractivity contribution in [2.24, 2.45) is 0 Å². The number of carbonyl (C=O) groups is 6. The van der Waals surface area contributed by atoms with Gasteiger partial charge in [0.15, 0.2) is 37.0 Å². The Labute approximate surface area is 376 Å². The fraction of sp³-hybridized carbons (Fsp3) is 0.429. The number of halogens is 3. The molecule has 63 heavy (non-hydrogen) atoms. The molecule has 0 unspecified atom stereocenters. The number of hydrogen-bond acceptors (Lipinski definition) is 17. The van der Waals surface area contributed by atoms with Crippen LogP contribution in [0.3, 0.4) is 0 Å². The third-order valence-corrected chi connectivity index (χ3v) is 9.48. The first-order valence-electron chi connectivity index (χ1n) is 19.2. The van der Waals surface area contributed by atoms with E-state index in [9.17, 15) is 33.9 Å². The number of nitrogens with one attached hydrogen (secondary N) is 1. The number of alkyl halides is 3. The fourth-order valence-electron chi connectivity index (χ4n) is 6.50. The van der Waals surface area contributed by atoms with Crippen LogP contribution in [0.15, 0.2) is 91.0 Å². The zero-order valence-corrected chi connectivity index (χ0v) is 36.1. The van der Waals surface area contributed by atoms with Crippen LogP contribution in [0.1, 0.15) is 47.1 Å². The number of rotatable bonds is 16. The van der Waals surface area contributed by atoms with Crippen LogP contribution in [0.25, 0.3) is 0 Å². The largest absolute Gasteiger partial charge is 0.463 e. The van der Waals surface area contributed by atoms with Gasteiger partial charge in [0.05, 0.1) is 24.3 Å². The second kappa shape index (κ2) is 23.0. The minimum Gasteiger partial charge on any atom is -0.463 e. The first-order chi connectivity index (χ1) is 30.0. The van der Waals surface area contributed by atoms with Crippen molar-refractivity contribution in [2.45, 2.75) is 92.5 Å². The first kappa shape index (κ1) is 49.0. The lowest BCUT2D eigenvalue weighted by Gasteiger charge is -2.48. The molecule has 3 aromatic carbocycles. The third-order valence-electron chi connectivity index (χ3n) is 9.15. The van der Waals surface area contributed by atoms with Crippen molar-refractivity contribution in [3.8, 4) is 0 Å². The van der Waals surface area contributed by atoms with Crippen LogP contribution in [0, 0.1) is 0 Å². The van der Waals surface area contributed by atoms with Gasteiger partial charge in [-0.15, -0.1) is 0 Å². The minimum atomic E-state index is -2.07. The van der Waals surface area contributed by atoms with E-state index in [-0.39, 0.29) is 24.3 Å². The average Bonchev–Trinajstić information content (AvgIpc) is 3.24. The van der Waals surface area contributed by atoms with Gasteiger partial charge >= 0.3 is 35.9 Å². The van der Waals surface area contributed by atoms with E-state index < -0.39 is 114 Å². The number of ether oxygens (including phenoxy) is 10. The zero-order valence-electron chi connectivity index (χ0n) is 33.9. The fourth-order valence-corrected chi connectivity index (χ4v) is 6.67. The molecule has 21 heteroatoms. The van der Waals surface area contributed by atoms with Crippen LogP contribution in [-0.2, 0) is 68.4 Å². The van der Waals surface area contributed by atoms with Gasteiger partial charge in [-0.3, -0.25) is 14.4 Å². The van der Waals surface area contributed by atoms with E-state index in [1.54, 1.807) is 60.7 Å². The van der Waals surface area contributed by atoms with Crippen LogP contribution in [0.5, 0.6) is 0 Å². The van der Waals surface area contributed by atoms with Crippen molar-refractivity contribution in [3.05, 3.63) is 108 Å². The monoisotopic (exact) mass is 939 g/mol. The Kier molecular flexibility index (Phi) is 17.9. The van der Waals surface area contributed by atoms with Gasteiger partial charge in [0.25, 0.3) is 0 Å². The Morgan fingerprint density at radius 2 is 1.14 bits per heavy atom. The maximum Gasteiger partial charge on any atom is 0.407 e.